The van der Waals surface area contributed by atoms with Crippen LogP contribution in [0.25, 0.3) is 0 Å². The first kappa shape index (κ1) is 18.4. The molecule has 4 N–H and O–H groups in total. The largest absolute Gasteiger partial charge is 0.483 e. The van der Waals surface area contributed by atoms with Gasteiger partial charge < -0.3 is 20.5 Å². The molecule has 134 valence electrons. The molecule has 0 bridgehead atoms. The van der Waals surface area contributed by atoms with Gasteiger partial charge in [0.1, 0.15) is 5.75 Å². The first-order chi connectivity index (χ1) is 12.1. The Morgan fingerprint density at radius 3 is 2.84 bits per heavy atom. The zero-order valence-corrected chi connectivity index (χ0v) is 13.6. The molecular weight excluding hydrogens is 328 g/mol. The van der Waals surface area contributed by atoms with Crippen molar-refractivity contribution in [1.82, 2.24) is 10.7 Å². The highest BCUT2D eigenvalue weighted by Crippen LogP contribution is 2.15. The first-order valence-electron chi connectivity index (χ1n) is 7.79. The second-order valence-corrected chi connectivity index (χ2v) is 5.34. The number of amides is 3. The van der Waals surface area contributed by atoms with Crippen molar-refractivity contribution in [2.45, 2.75) is 18.9 Å². The number of para-hydroxylation sites is 1. The molecule has 1 aromatic rings. The van der Waals surface area contributed by atoms with Gasteiger partial charge in [0.25, 0.3) is 5.91 Å². The maximum Gasteiger partial charge on any atom is 0.329 e. The molecule has 9 nitrogen and oxygen atoms in total. The second-order valence-electron chi connectivity index (χ2n) is 5.34. The van der Waals surface area contributed by atoms with E-state index in [1.165, 1.54) is 6.21 Å². The number of hydrogen-bond donors (Lipinski definition) is 3. The zero-order valence-electron chi connectivity index (χ0n) is 13.6. The SMILES string of the molecule is NC(=O)COc1ccccc1/C=N\NC(=O)C(=O)NC[C@H]1CCCO1. The van der Waals surface area contributed by atoms with Gasteiger partial charge in [-0.1, -0.05) is 12.1 Å². The highest BCUT2D eigenvalue weighted by atomic mass is 16.5. The van der Waals surface area contributed by atoms with Crippen molar-refractivity contribution in [2.24, 2.45) is 10.8 Å². The molecule has 1 fully saturated rings. The lowest BCUT2D eigenvalue weighted by atomic mass is 10.2. The van der Waals surface area contributed by atoms with Gasteiger partial charge in [-0.3, -0.25) is 14.4 Å². The lowest BCUT2D eigenvalue weighted by Crippen LogP contribution is -2.41. The van der Waals surface area contributed by atoms with E-state index in [0.717, 1.165) is 12.8 Å². The van der Waals surface area contributed by atoms with Crippen molar-refractivity contribution in [3.8, 4) is 5.75 Å². The number of benzene rings is 1. The van der Waals surface area contributed by atoms with Gasteiger partial charge in [-0.05, 0) is 25.0 Å². The summed E-state index contributed by atoms with van der Waals surface area (Å²) < 4.78 is 10.6. The minimum absolute atomic E-state index is 0.0467. The Kier molecular flexibility index (Phi) is 6.90. The van der Waals surface area contributed by atoms with Gasteiger partial charge in [-0.2, -0.15) is 5.10 Å². The number of nitrogens with zero attached hydrogens (tertiary/aromatic N) is 1. The molecule has 3 amide bonds. The van der Waals surface area contributed by atoms with Gasteiger partial charge in [-0.15, -0.1) is 0 Å². The van der Waals surface area contributed by atoms with Crippen LogP contribution in [0.3, 0.4) is 0 Å². The molecule has 1 atom stereocenters. The van der Waals surface area contributed by atoms with Crippen LogP contribution in [0.5, 0.6) is 5.75 Å². The number of hydrogen-bond acceptors (Lipinski definition) is 6. The van der Waals surface area contributed by atoms with Gasteiger partial charge in [-0.25, -0.2) is 5.43 Å². The number of carbonyl (C=O) groups is 3. The van der Waals surface area contributed by atoms with Crippen molar-refractivity contribution in [3.05, 3.63) is 29.8 Å². The monoisotopic (exact) mass is 348 g/mol. The highest BCUT2D eigenvalue weighted by molar-refractivity contribution is 6.35. The van der Waals surface area contributed by atoms with Crippen LogP contribution in [0, 0.1) is 0 Å². The molecule has 0 aromatic heterocycles. The van der Waals surface area contributed by atoms with E-state index in [1.807, 2.05) is 0 Å². The third-order valence-electron chi connectivity index (χ3n) is 3.38. The number of primary amides is 1. The Hall–Kier alpha value is -2.94. The van der Waals surface area contributed by atoms with E-state index in [0.29, 0.717) is 24.5 Å². The van der Waals surface area contributed by atoms with Gasteiger partial charge in [0.2, 0.25) is 0 Å². The summed E-state index contributed by atoms with van der Waals surface area (Å²) in [6.45, 7) is 0.691. The second kappa shape index (κ2) is 9.38. The average molecular weight is 348 g/mol. The molecule has 9 heteroatoms. The topological polar surface area (TPSA) is 132 Å². The zero-order chi connectivity index (χ0) is 18.1. The maximum atomic E-state index is 11.7. The van der Waals surface area contributed by atoms with E-state index in [9.17, 15) is 14.4 Å². The number of rotatable bonds is 7. The summed E-state index contributed by atoms with van der Waals surface area (Å²) in [6, 6.07) is 6.74. The van der Waals surface area contributed by atoms with Crippen molar-refractivity contribution in [1.29, 1.82) is 0 Å². The average Bonchev–Trinajstić information content (AvgIpc) is 3.12. The number of nitrogens with two attached hydrogens (primary N) is 1. The Morgan fingerprint density at radius 1 is 1.32 bits per heavy atom. The molecule has 0 spiro atoms. The Morgan fingerprint density at radius 2 is 2.12 bits per heavy atom. The van der Waals surface area contributed by atoms with E-state index >= 15 is 0 Å². The molecule has 0 radical (unpaired) electrons. The maximum absolute atomic E-state index is 11.7. The molecule has 1 saturated heterocycles. The minimum Gasteiger partial charge on any atom is -0.483 e. The first-order valence-corrected chi connectivity index (χ1v) is 7.79. The van der Waals surface area contributed by atoms with Gasteiger partial charge in [0.05, 0.1) is 12.3 Å². The molecule has 0 aliphatic carbocycles. The standard InChI is InChI=1S/C16H20N4O5/c17-14(21)10-25-13-6-2-1-4-11(13)8-19-20-16(23)15(22)18-9-12-5-3-7-24-12/h1-2,4,6,8,12H,3,5,7,9-10H2,(H2,17,21)(H,18,22)(H,20,23)/b19-8-/t12-/m1/s1. The summed E-state index contributed by atoms with van der Waals surface area (Å²) in [5.41, 5.74) is 7.68. The molecular formula is C16H20N4O5. The minimum atomic E-state index is -0.884. The molecule has 1 aliphatic rings. The third-order valence-corrected chi connectivity index (χ3v) is 3.38. The fourth-order valence-electron chi connectivity index (χ4n) is 2.17. The van der Waals surface area contributed by atoms with Crippen LogP contribution in [0.2, 0.25) is 0 Å². The molecule has 0 unspecified atom stereocenters. The van der Waals surface area contributed by atoms with Crippen molar-refractivity contribution >= 4 is 23.9 Å². The molecule has 25 heavy (non-hydrogen) atoms. The van der Waals surface area contributed by atoms with Crippen LogP contribution in [0.4, 0.5) is 0 Å². The quantitative estimate of drug-likeness (QED) is 0.340. The molecule has 0 saturated carbocycles. The van der Waals surface area contributed by atoms with Crippen LogP contribution in [-0.4, -0.2) is 49.8 Å². The summed E-state index contributed by atoms with van der Waals surface area (Å²) in [6.07, 6.45) is 3.08. The molecule has 1 heterocycles. The smallest absolute Gasteiger partial charge is 0.329 e. The summed E-state index contributed by atoms with van der Waals surface area (Å²) >= 11 is 0. The molecule has 1 aromatic carbocycles. The summed E-state index contributed by atoms with van der Waals surface area (Å²) in [5, 5.41) is 6.21. The number of carbonyl (C=O) groups excluding carboxylic acids is 3. The molecule has 2 rings (SSSR count). The highest BCUT2D eigenvalue weighted by Gasteiger charge is 2.18. The van der Waals surface area contributed by atoms with Crippen LogP contribution in [-0.2, 0) is 19.1 Å². The lowest BCUT2D eigenvalue weighted by molar-refractivity contribution is -0.139. The Labute approximate surface area is 144 Å². The van der Waals surface area contributed by atoms with Crippen molar-refractivity contribution < 1.29 is 23.9 Å². The number of ether oxygens (including phenoxy) is 2. The predicted octanol–water partition coefficient (Wildman–Crippen LogP) is -0.704. The van der Waals surface area contributed by atoms with Gasteiger partial charge in [0.15, 0.2) is 6.61 Å². The normalized spacial score (nSPS) is 16.6. The fraction of sp³-hybridized carbons (Fsp3) is 0.375. The van der Waals surface area contributed by atoms with Crippen LogP contribution < -0.4 is 21.2 Å². The van der Waals surface area contributed by atoms with E-state index < -0.39 is 17.7 Å². The van der Waals surface area contributed by atoms with Gasteiger partial charge >= 0.3 is 11.8 Å². The summed E-state index contributed by atoms with van der Waals surface area (Å²) in [7, 11) is 0. The van der Waals surface area contributed by atoms with Crippen molar-refractivity contribution in [2.75, 3.05) is 19.8 Å². The summed E-state index contributed by atoms with van der Waals surface area (Å²) in [4.78, 5) is 34.1. The van der Waals surface area contributed by atoms with E-state index in [1.54, 1.807) is 24.3 Å². The Bertz CT molecular complexity index is 656. The third kappa shape index (κ3) is 6.22. The number of hydrazone groups is 1. The fourth-order valence-corrected chi connectivity index (χ4v) is 2.17. The van der Waals surface area contributed by atoms with Gasteiger partial charge in [0, 0.05) is 18.7 Å². The summed E-state index contributed by atoms with van der Waals surface area (Å²) in [5.74, 6) is -1.90. The van der Waals surface area contributed by atoms with Crippen LogP contribution in [0.15, 0.2) is 29.4 Å². The van der Waals surface area contributed by atoms with E-state index in [2.05, 4.69) is 15.8 Å². The lowest BCUT2D eigenvalue weighted by Gasteiger charge is -2.09. The Balaban J connectivity index is 1.82. The molecule has 1 aliphatic heterocycles. The van der Waals surface area contributed by atoms with E-state index in [-0.39, 0.29) is 12.7 Å². The van der Waals surface area contributed by atoms with Crippen LogP contribution in [0.1, 0.15) is 18.4 Å². The van der Waals surface area contributed by atoms with E-state index in [4.69, 9.17) is 15.2 Å². The van der Waals surface area contributed by atoms with Crippen molar-refractivity contribution in [3.63, 3.8) is 0 Å². The van der Waals surface area contributed by atoms with Crippen LogP contribution >= 0.6 is 0 Å². The number of nitrogens with one attached hydrogen (secondary N) is 2. The predicted molar refractivity (Wildman–Crippen MR) is 88.9 cm³/mol.